The number of hydrogen-bond acceptors (Lipinski definition) is 3. The van der Waals surface area contributed by atoms with Gasteiger partial charge < -0.3 is 10.6 Å². The zero-order valence-corrected chi connectivity index (χ0v) is 12.2. The maximum Gasteiger partial charge on any atom is 0.0666 e. The number of hydrogen-bond donors (Lipinski definition) is 2. The SMILES string of the molecule is CCc1nn(C)cc1CNCc1cccc2c1NCC2. The molecule has 0 amide bonds. The van der Waals surface area contributed by atoms with Crippen LogP contribution in [0.5, 0.6) is 0 Å². The fourth-order valence-electron chi connectivity index (χ4n) is 2.92. The van der Waals surface area contributed by atoms with Gasteiger partial charge in [-0.05, 0) is 24.0 Å². The summed E-state index contributed by atoms with van der Waals surface area (Å²) in [4.78, 5) is 0. The largest absolute Gasteiger partial charge is 0.384 e. The molecule has 1 aliphatic heterocycles. The lowest BCUT2D eigenvalue weighted by molar-refractivity contribution is 0.689. The first kappa shape index (κ1) is 13.2. The highest BCUT2D eigenvalue weighted by Crippen LogP contribution is 2.26. The molecule has 2 N–H and O–H groups in total. The lowest BCUT2D eigenvalue weighted by Gasteiger charge is -2.10. The van der Waals surface area contributed by atoms with E-state index in [0.29, 0.717) is 0 Å². The van der Waals surface area contributed by atoms with Crippen LogP contribution in [0.3, 0.4) is 0 Å². The van der Waals surface area contributed by atoms with Gasteiger partial charge in [0.25, 0.3) is 0 Å². The third-order valence-electron chi connectivity index (χ3n) is 3.89. The molecule has 1 aliphatic rings. The number of fused-ring (bicyclic) bond motifs is 1. The summed E-state index contributed by atoms with van der Waals surface area (Å²) in [6.07, 6.45) is 4.24. The number of aromatic nitrogens is 2. The van der Waals surface area contributed by atoms with Crippen molar-refractivity contribution < 1.29 is 0 Å². The van der Waals surface area contributed by atoms with Crippen molar-refractivity contribution in [3.63, 3.8) is 0 Å². The van der Waals surface area contributed by atoms with Crippen LogP contribution in [0.2, 0.25) is 0 Å². The van der Waals surface area contributed by atoms with Crippen LogP contribution in [-0.2, 0) is 33.0 Å². The predicted molar refractivity (Wildman–Crippen MR) is 81.8 cm³/mol. The molecule has 0 radical (unpaired) electrons. The van der Waals surface area contributed by atoms with Crippen LogP contribution in [0.15, 0.2) is 24.4 Å². The lowest BCUT2D eigenvalue weighted by Crippen LogP contribution is -2.14. The molecule has 2 heterocycles. The molecule has 0 unspecified atom stereocenters. The highest BCUT2D eigenvalue weighted by atomic mass is 15.3. The van der Waals surface area contributed by atoms with Gasteiger partial charge in [0.1, 0.15) is 0 Å². The fourth-order valence-corrected chi connectivity index (χ4v) is 2.92. The molecule has 0 atom stereocenters. The van der Waals surface area contributed by atoms with Gasteiger partial charge in [0, 0.05) is 44.1 Å². The molecule has 1 aromatic heterocycles. The molecule has 0 aliphatic carbocycles. The van der Waals surface area contributed by atoms with Crippen LogP contribution in [0.4, 0.5) is 5.69 Å². The number of nitrogens with zero attached hydrogens (tertiary/aromatic N) is 2. The van der Waals surface area contributed by atoms with Crippen molar-refractivity contribution in [2.75, 3.05) is 11.9 Å². The molecule has 1 aromatic carbocycles. The highest BCUT2D eigenvalue weighted by molar-refractivity contribution is 5.61. The summed E-state index contributed by atoms with van der Waals surface area (Å²) in [5.74, 6) is 0. The Balaban J connectivity index is 1.64. The number of aryl methyl sites for hydroxylation is 2. The monoisotopic (exact) mass is 270 g/mol. The Morgan fingerprint density at radius 2 is 2.15 bits per heavy atom. The van der Waals surface area contributed by atoms with Crippen LogP contribution in [0, 0.1) is 0 Å². The standard InChI is InChI=1S/C16H22N4/c1-3-15-14(11-20(2)19-15)10-17-9-13-6-4-5-12-7-8-18-16(12)13/h4-6,11,17-18H,3,7-10H2,1-2H3. The summed E-state index contributed by atoms with van der Waals surface area (Å²) in [6, 6.07) is 6.58. The quantitative estimate of drug-likeness (QED) is 0.875. The van der Waals surface area contributed by atoms with Gasteiger partial charge in [0.15, 0.2) is 0 Å². The predicted octanol–water partition coefficient (Wildman–Crippen LogP) is 2.24. The Labute approximate surface area is 120 Å². The summed E-state index contributed by atoms with van der Waals surface area (Å²) in [6.45, 7) is 4.99. The Morgan fingerprint density at radius 3 is 3.00 bits per heavy atom. The van der Waals surface area contributed by atoms with Gasteiger partial charge in [-0.15, -0.1) is 0 Å². The van der Waals surface area contributed by atoms with Crippen LogP contribution in [0.1, 0.15) is 29.3 Å². The van der Waals surface area contributed by atoms with Crippen LogP contribution < -0.4 is 10.6 Å². The number of rotatable bonds is 5. The van der Waals surface area contributed by atoms with Crippen molar-refractivity contribution in [3.05, 3.63) is 46.8 Å². The van der Waals surface area contributed by atoms with E-state index in [9.17, 15) is 0 Å². The smallest absolute Gasteiger partial charge is 0.0666 e. The Bertz CT molecular complexity index is 601. The minimum atomic E-state index is 0.876. The van der Waals surface area contributed by atoms with E-state index >= 15 is 0 Å². The average Bonchev–Trinajstić information content (AvgIpc) is 3.05. The van der Waals surface area contributed by atoms with Gasteiger partial charge in [-0.3, -0.25) is 4.68 Å². The Kier molecular flexibility index (Phi) is 3.74. The van der Waals surface area contributed by atoms with Crippen LogP contribution >= 0.6 is 0 Å². The maximum atomic E-state index is 4.48. The Morgan fingerprint density at radius 1 is 1.30 bits per heavy atom. The molecule has 0 fully saturated rings. The van der Waals surface area contributed by atoms with Crippen molar-refractivity contribution in [2.45, 2.75) is 32.9 Å². The molecule has 4 nitrogen and oxygen atoms in total. The minimum Gasteiger partial charge on any atom is -0.384 e. The summed E-state index contributed by atoms with van der Waals surface area (Å²) >= 11 is 0. The molecule has 0 spiro atoms. The molecule has 2 aromatic rings. The van der Waals surface area contributed by atoms with Crippen molar-refractivity contribution in [1.29, 1.82) is 0 Å². The second-order valence-electron chi connectivity index (χ2n) is 5.36. The Hall–Kier alpha value is -1.81. The summed E-state index contributed by atoms with van der Waals surface area (Å²) in [7, 11) is 1.98. The first-order valence-corrected chi connectivity index (χ1v) is 7.34. The zero-order valence-electron chi connectivity index (χ0n) is 12.2. The van der Waals surface area contributed by atoms with Crippen molar-refractivity contribution in [3.8, 4) is 0 Å². The minimum absolute atomic E-state index is 0.876. The highest BCUT2D eigenvalue weighted by Gasteiger charge is 2.13. The van der Waals surface area contributed by atoms with E-state index < -0.39 is 0 Å². The van der Waals surface area contributed by atoms with Gasteiger partial charge in [-0.2, -0.15) is 5.10 Å². The number of benzene rings is 1. The first-order chi connectivity index (χ1) is 9.78. The van der Waals surface area contributed by atoms with Gasteiger partial charge in [0.2, 0.25) is 0 Å². The van der Waals surface area contributed by atoms with E-state index in [0.717, 1.165) is 32.5 Å². The second-order valence-corrected chi connectivity index (χ2v) is 5.36. The number of anilines is 1. The topological polar surface area (TPSA) is 41.9 Å². The van der Waals surface area contributed by atoms with Crippen LogP contribution in [-0.4, -0.2) is 16.3 Å². The molecule has 0 saturated carbocycles. The van der Waals surface area contributed by atoms with E-state index in [1.807, 2.05) is 11.7 Å². The third kappa shape index (κ3) is 2.56. The summed E-state index contributed by atoms with van der Waals surface area (Å²) < 4.78 is 1.90. The van der Waals surface area contributed by atoms with Gasteiger partial charge in [-0.25, -0.2) is 0 Å². The average molecular weight is 270 g/mol. The fraction of sp³-hybridized carbons (Fsp3) is 0.438. The van der Waals surface area contributed by atoms with Crippen molar-refractivity contribution in [1.82, 2.24) is 15.1 Å². The zero-order chi connectivity index (χ0) is 13.9. The van der Waals surface area contributed by atoms with Crippen molar-refractivity contribution in [2.24, 2.45) is 7.05 Å². The molecule has 106 valence electrons. The summed E-state index contributed by atoms with van der Waals surface area (Å²) in [5.41, 5.74) is 6.63. The normalized spacial score (nSPS) is 13.3. The number of nitrogens with one attached hydrogen (secondary N) is 2. The molecule has 20 heavy (non-hydrogen) atoms. The van der Waals surface area contributed by atoms with Gasteiger partial charge in [-0.1, -0.05) is 25.1 Å². The molecule has 3 rings (SSSR count). The number of para-hydroxylation sites is 1. The molecule has 0 saturated heterocycles. The van der Waals surface area contributed by atoms with Gasteiger partial charge in [0.05, 0.1) is 5.69 Å². The van der Waals surface area contributed by atoms with E-state index in [4.69, 9.17) is 0 Å². The van der Waals surface area contributed by atoms with Crippen LogP contribution in [0.25, 0.3) is 0 Å². The summed E-state index contributed by atoms with van der Waals surface area (Å²) in [5, 5.41) is 11.5. The first-order valence-electron chi connectivity index (χ1n) is 7.34. The molecule has 0 bridgehead atoms. The van der Waals surface area contributed by atoms with E-state index in [1.165, 1.54) is 28.1 Å². The van der Waals surface area contributed by atoms with E-state index in [-0.39, 0.29) is 0 Å². The molecular weight excluding hydrogens is 248 g/mol. The van der Waals surface area contributed by atoms with Crippen molar-refractivity contribution >= 4 is 5.69 Å². The second kappa shape index (κ2) is 5.67. The van der Waals surface area contributed by atoms with E-state index in [2.05, 4.69) is 47.1 Å². The molecule has 4 heteroatoms. The lowest BCUT2D eigenvalue weighted by atomic mass is 10.1. The maximum absolute atomic E-state index is 4.48. The molecular formula is C16H22N4. The third-order valence-corrected chi connectivity index (χ3v) is 3.89. The van der Waals surface area contributed by atoms with Gasteiger partial charge >= 0.3 is 0 Å². The van der Waals surface area contributed by atoms with E-state index in [1.54, 1.807) is 0 Å².